The second-order valence-corrected chi connectivity index (χ2v) is 6.25. The summed E-state index contributed by atoms with van der Waals surface area (Å²) in [5.41, 5.74) is 3.32. The molecule has 2 aromatic rings. The topological polar surface area (TPSA) is 46.2 Å². The highest BCUT2D eigenvalue weighted by atomic mass is 32.2. The first-order valence-electron chi connectivity index (χ1n) is 7.04. The molecule has 0 radical (unpaired) electrons. The summed E-state index contributed by atoms with van der Waals surface area (Å²) in [5.74, 6) is -0.192. The number of thioether (sulfide) groups is 1. The molecule has 1 saturated heterocycles. The molecular weight excluding hydrogens is 294 g/mol. The average molecular weight is 309 g/mol. The maximum atomic E-state index is 11.6. The SMILES string of the molecule is O=C1NC(=O)C(Cc2ccc(/C=C/c3ccccc3)cc2)S1. The Balaban J connectivity index is 1.64. The minimum atomic E-state index is -0.307. The Hall–Kier alpha value is -2.33. The first-order valence-corrected chi connectivity index (χ1v) is 7.92. The summed E-state index contributed by atoms with van der Waals surface area (Å²) in [4.78, 5) is 22.7. The van der Waals surface area contributed by atoms with Crippen LogP contribution in [0.1, 0.15) is 16.7 Å². The van der Waals surface area contributed by atoms with E-state index in [0.717, 1.165) is 28.5 Å². The quantitative estimate of drug-likeness (QED) is 0.875. The molecule has 3 rings (SSSR count). The van der Waals surface area contributed by atoms with Crippen LogP contribution >= 0.6 is 11.8 Å². The maximum absolute atomic E-state index is 11.6. The van der Waals surface area contributed by atoms with E-state index >= 15 is 0 Å². The molecular formula is C18H15NO2S. The van der Waals surface area contributed by atoms with Crippen molar-refractivity contribution in [3.63, 3.8) is 0 Å². The van der Waals surface area contributed by atoms with Crippen LogP contribution in [0.2, 0.25) is 0 Å². The van der Waals surface area contributed by atoms with Gasteiger partial charge in [-0.1, -0.05) is 78.5 Å². The summed E-state index contributed by atoms with van der Waals surface area (Å²) < 4.78 is 0. The lowest BCUT2D eigenvalue weighted by molar-refractivity contribution is -0.118. The van der Waals surface area contributed by atoms with Crippen LogP contribution in [0.15, 0.2) is 54.6 Å². The standard InChI is InChI=1S/C18H15NO2S/c20-17-16(22-18(21)19-17)12-15-10-8-14(9-11-15)7-6-13-4-2-1-3-5-13/h1-11,16H,12H2,(H,19,20,21)/b7-6+. The predicted octanol–water partition coefficient (Wildman–Crippen LogP) is 3.75. The third kappa shape index (κ3) is 3.65. The zero-order valence-electron chi connectivity index (χ0n) is 11.9. The summed E-state index contributed by atoms with van der Waals surface area (Å²) in [6.07, 6.45) is 4.69. The van der Waals surface area contributed by atoms with Gasteiger partial charge < -0.3 is 0 Å². The van der Waals surface area contributed by atoms with E-state index in [9.17, 15) is 9.59 Å². The Bertz CT molecular complexity index is 708. The van der Waals surface area contributed by atoms with Crippen LogP contribution in [0.3, 0.4) is 0 Å². The van der Waals surface area contributed by atoms with E-state index in [-0.39, 0.29) is 16.4 Å². The molecule has 1 fully saturated rings. The number of hydrogen-bond acceptors (Lipinski definition) is 3. The summed E-state index contributed by atoms with van der Waals surface area (Å²) in [6.45, 7) is 0. The fraction of sp³-hybridized carbons (Fsp3) is 0.111. The Morgan fingerprint density at radius 3 is 2.14 bits per heavy atom. The molecule has 0 aliphatic carbocycles. The van der Waals surface area contributed by atoms with Gasteiger partial charge in [-0.15, -0.1) is 0 Å². The highest BCUT2D eigenvalue weighted by molar-refractivity contribution is 8.15. The first-order chi connectivity index (χ1) is 10.7. The zero-order valence-corrected chi connectivity index (χ0v) is 12.7. The van der Waals surface area contributed by atoms with Crippen molar-refractivity contribution in [3.05, 3.63) is 71.3 Å². The normalized spacial score (nSPS) is 17.9. The van der Waals surface area contributed by atoms with Gasteiger partial charge in [0.25, 0.3) is 5.24 Å². The molecule has 1 aliphatic rings. The van der Waals surface area contributed by atoms with Crippen LogP contribution in [0.5, 0.6) is 0 Å². The van der Waals surface area contributed by atoms with Gasteiger partial charge in [0.15, 0.2) is 0 Å². The summed E-state index contributed by atoms with van der Waals surface area (Å²) in [6, 6.07) is 18.2. The second kappa shape index (κ2) is 6.62. The minimum absolute atomic E-state index is 0.192. The lowest BCUT2D eigenvalue weighted by Gasteiger charge is -2.05. The number of amides is 2. The monoisotopic (exact) mass is 309 g/mol. The smallest absolute Gasteiger partial charge is 0.286 e. The molecule has 1 N–H and O–H groups in total. The summed E-state index contributed by atoms with van der Waals surface area (Å²) in [7, 11) is 0. The van der Waals surface area contributed by atoms with Gasteiger partial charge in [-0.25, -0.2) is 0 Å². The molecule has 0 aromatic heterocycles. The van der Waals surface area contributed by atoms with E-state index in [0.29, 0.717) is 6.42 Å². The largest absolute Gasteiger partial charge is 0.286 e. The minimum Gasteiger partial charge on any atom is -0.286 e. The van der Waals surface area contributed by atoms with Crippen molar-refractivity contribution in [2.45, 2.75) is 11.7 Å². The van der Waals surface area contributed by atoms with Gasteiger partial charge in [0.05, 0.1) is 5.25 Å². The summed E-state index contributed by atoms with van der Waals surface area (Å²) in [5, 5.41) is 1.75. The molecule has 0 spiro atoms. The van der Waals surface area contributed by atoms with Crippen LogP contribution in [-0.4, -0.2) is 16.4 Å². The molecule has 0 bridgehead atoms. The van der Waals surface area contributed by atoms with Gasteiger partial charge in [-0.2, -0.15) is 0 Å². The molecule has 1 unspecified atom stereocenters. The van der Waals surface area contributed by atoms with E-state index in [1.165, 1.54) is 0 Å². The van der Waals surface area contributed by atoms with Crippen molar-refractivity contribution >= 4 is 35.1 Å². The molecule has 22 heavy (non-hydrogen) atoms. The van der Waals surface area contributed by atoms with Crippen LogP contribution in [-0.2, 0) is 11.2 Å². The molecule has 1 atom stereocenters. The lowest BCUT2D eigenvalue weighted by Crippen LogP contribution is -2.25. The van der Waals surface area contributed by atoms with Gasteiger partial charge in [-0.3, -0.25) is 14.9 Å². The highest BCUT2D eigenvalue weighted by Gasteiger charge is 2.31. The summed E-state index contributed by atoms with van der Waals surface area (Å²) >= 11 is 1.07. The van der Waals surface area contributed by atoms with E-state index in [1.807, 2.05) is 42.5 Å². The number of carbonyl (C=O) groups excluding carboxylic acids is 2. The van der Waals surface area contributed by atoms with E-state index in [1.54, 1.807) is 0 Å². The van der Waals surface area contributed by atoms with Gasteiger partial charge in [0.2, 0.25) is 5.91 Å². The molecule has 4 heteroatoms. The second-order valence-electron chi connectivity index (χ2n) is 5.07. The third-order valence-electron chi connectivity index (χ3n) is 3.44. The number of rotatable bonds is 4. The van der Waals surface area contributed by atoms with Crippen molar-refractivity contribution in [2.75, 3.05) is 0 Å². The van der Waals surface area contributed by atoms with Crippen LogP contribution in [0.4, 0.5) is 4.79 Å². The van der Waals surface area contributed by atoms with Crippen molar-refractivity contribution in [3.8, 4) is 0 Å². The number of carbonyl (C=O) groups is 2. The van der Waals surface area contributed by atoms with E-state index in [4.69, 9.17) is 0 Å². The van der Waals surface area contributed by atoms with E-state index in [2.05, 4.69) is 29.6 Å². The van der Waals surface area contributed by atoms with Crippen molar-refractivity contribution in [1.82, 2.24) is 5.32 Å². The molecule has 1 aliphatic heterocycles. The van der Waals surface area contributed by atoms with Crippen LogP contribution in [0, 0.1) is 0 Å². The first kappa shape index (κ1) is 14.6. The van der Waals surface area contributed by atoms with E-state index < -0.39 is 0 Å². The molecule has 110 valence electrons. The maximum Gasteiger partial charge on any atom is 0.286 e. The fourth-order valence-electron chi connectivity index (χ4n) is 2.26. The third-order valence-corrected chi connectivity index (χ3v) is 4.42. The lowest BCUT2D eigenvalue weighted by atomic mass is 10.1. The van der Waals surface area contributed by atoms with Gasteiger partial charge in [0, 0.05) is 0 Å². The Labute approximate surface area is 133 Å². The fourth-order valence-corrected chi connectivity index (χ4v) is 3.12. The predicted molar refractivity (Wildman–Crippen MR) is 90.4 cm³/mol. The van der Waals surface area contributed by atoms with Crippen molar-refractivity contribution in [2.24, 2.45) is 0 Å². The number of hydrogen-bond donors (Lipinski definition) is 1. The van der Waals surface area contributed by atoms with Crippen LogP contribution < -0.4 is 5.32 Å². The van der Waals surface area contributed by atoms with Crippen molar-refractivity contribution < 1.29 is 9.59 Å². The van der Waals surface area contributed by atoms with Crippen LogP contribution in [0.25, 0.3) is 12.2 Å². The van der Waals surface area contributed by atoms with Gasteiger partial charge in [-0.05, 0) is 23.1 Å². The van der Waals surface area contributed by atoms with Gasteiger partial charge in [0.1, 0.15) is 0 Å². The molecule has 0 saturated carbocycles. The average Bonchev–Trinajstić information content (AvgIpc) is 2.85. The highest BCUT2D eigenvalue weighted by Crippen LogP contribution is 2.23. The van der Waals surface area contributed by atoms with Gasteiger partial charge >= 0.3 is 0 Å². The Morgan fingerprint density at radius 1 is 0.909 bits per heavy atom. The van der Waals surface area contributed by atoms with Crippen molar-refractivity contribution in [1.29, 1.82) is 0 Å². The number of imide groups is 1. The molecule has 2 aromatic carbocycles. The number of nitrogens with one attached hydrogen (secondary N) is 1. The molecule has 1 heterocycles. The molecule has 2 amide bonds. The Morgan fingerprint density at radius 2 is 1.55 bits per heavy atom. The molecule has 3 nitrogen and oxygen atoms in total. The zero-order chi connectivity index (χ0) is 15.4. The Kier molecular flexibility index (Phi) is 4.39. The number of benzene rings is 2.